The van der Waals surface area contributed by atoms with Crippen LogP contribution in [0.25, 0.3) is 0 Å². The van der Waals surface area contributed by atoms with E-state index in [-0.39, 0.29) is 31.1 Å². The Balaban J connectivity index is 4.08. The van der Waals surface area contributed by atoms with Crippen LogP contribution in [-0.4, -0.2) is 37.2 Å². The zero-order valence-electron chi connectivity index (χ0n) is 45.0. The molecule has 1 unspecified atom stereocenters. The van der Waals surface area contributed by atoms with Crippen molar-refractivity contribution in [2.75, 3.05) is 13.2 Å². The summed E-state index contributed by atoms with van der Waals surface area (Å²) in [6.45, 7) is 6.33. The summed E-state index contributed by atoms with van der Waals surface area (Å²) in [6.07, 6.45) is 75.9. The van der Waals surface area contributed by atoms with Crippen LogP contribution in [0.3, 0.4) is 0 Å². The van der Waals surface area contributed by atoms with E-state index in [4.69, 9.17) is 14.2 Å². The number of carbonyl (C=O) groups excluding carboxylic acids is 3. The van der Waals surface area contributed by atoms with E-state index in [1.807, 2.05) is 0 Å². The lowest BCUT2D eigenvalue weighted by Crippen LogP contribution is -2.30. The third kappa shape index (κ3) is 55.1. The quantitative estimate of drug-likeness (QED) is 0.0262. The average molecular weight is 960 g/mol. The lowest BCUT2D eigenvalue weighted by Gasteiger charge is -2.18. The number of hydrogen-bond donors (Lipinski definition) is 0. The molecular weight excluding hydrogens is 853 g/mol. The zero-order valence-corrected chi connectivity index (χ0v) is 45.0. The molecule has 69 heavy (non-hydrogen) atoms. The number of esters is 3. The molecule has 6 nitrogen and oxygen atoms in total. The summed E-state index contributed by atoms with van der Waals surface area (Å²) in [5, 5.41) is 0. The highest BCUT2D eigenvalue weighted by atomic mass is 16.6. The summed E-state index contributed by atoms with van der Waals surface area (Å²) >= 11 is 0. The van der Waals surface area contributed by atoms with Gasteiger partial charge in [-0.3, -0.25) is 14.4 Å². The minimum absolute atomic E-state index is 0.0830. The fourth-order valence-corrected chi connectivity index (χ4v) is 7.84. The van der Waals surface area contributed by atoms with E-state index in [0.29, 0.717) is 19.3 Å². The molecule has 0 bridgehead atoms. The largest absolute Gasteiger partial charge is 0.462 e. The first kappa shape index (κ1) is 65.3. The van der Waals surface area contributed by atoms with Gasteiger partial charge in [-0.05, 0) is 96.3 Å². The Morgan fingerprint density at radius 2 is 0.565 bits per heavy atom. The van der Waals surface area contributed by atoms with Crippen molar-refractivity contribution in [3.05, 3.63) is 97.2 Å². The van der Waals surface area contributed by atoms with Crippen LogP contribution >= 0.6 is 0 Å². The van der Waals surface area contributed by atoms with Gasteiger partial charge in [0.15, 0.2) is 6.10 Å². The molecule has 394 valence electrons. The van der Waals surface area contributed by atoms with Crippen LogP contribution in [0.5, 0.6) is 0 Å². The molecule has 0 amide bonds. The lowest BCUT2D eigenvalue weighted by molar-refractivity contribution is -0.167. The molecule has 0 N–H and O–H groups in total. The zero-order chi connectivity index (χ0) is 50.0. The first-order valence-corrected chi connectivity index (χ1v) is 28.7. The molecule has 0 heterocycles. The van der Waals surface area contributed by atoms with Gasteiger partial charge in [-0.25, -0.2) is 0 Å². The SMILES string of the molecule is CC/C=C\C/C=C\C/C=C\C/C=C\CCCCCCCCCCCCCCCCC(=O)OCC(COC(=O)CCCCCCC)OC(=O)CCCCCCCC/C=C\C/C=C\C/C=C\C/C=C\CC. The van der Waals surface area contributed by atoms with Crippen molar-refractivity contribution in [2.24, 2.45) is 0 Å². The highest BCUT2D eigenvalue weighted by Gasteiger charge is 2.19. The van der Waals surface area contributed by atoms with Crippen LogP contribution in [0.15, 0.2) is 97.2 Å². The second kappa shape index (κ2) is 56.9. The predicted octanol–water partition coefficient (Wildman–Crippen LogP) is 19.3. The van der Waals surface area contributed by atoms with Gasteiger partial charge < -0.3 is 14.2 Å². The molecule has 0 aliphatic heterocycles. The molecule has 0 fully saturated rings. The van der Waals surface area contributed by atoms with Gasteiger partial charge in [0.05, 0.1) is 0 Å². The maximum Gasteiger partial charge on any atom is 0.306 e. The van der Waals surface area contributed by atoms with E-state index < -0.39 is 6.10 Å². The number of hydrogen-bond acceptors (Lipinski definition) is 6. The minimum atomic E-state index is -0.782. The standard InChI is InChI=1S/C63H106O6/c1-4-7-10-13-15-17-19-21-23-25-27-28-29-30-31-32-33-34-36-37-39-41-43-45-47-50-53-56-62(65)68-59-60(58-67-61(64)55-52-49-12-9-6-3)69-63(66)57-54-51-48-46-44-42-40-38-35-26-24-22-20-18-16-14-11-8-5-2/h7-8,10-11,15-18,21-24,27-28,35,38,60H,4-6,9,12-14,19-20,25-26,29-34,36-37,39-59H2,1-3H3/b10-7-,11-8-,17-15-,18-16-,23-21-,24-22-,28-27-,38-35-. The number of allylic oxidation sites excluding steroid dienone is 16. The Labute approximate surface area is 426 Å². The number of unbranched alkanes of at least 4 members (excludes halogenated alkanes) is 24. The fraction of sp³-hybridized carbons (Fsp3) is 0.698. The second-order valence-corrected chi connectivity index (χ2v) is 18.8. The van der Waals surface area contributed by atoms with E-state index in [2.05, 4.69) is 118 Å². The van der Waals surface area contributed by atoms with Gasteiger partial charge >= 0.3 is 17.9 Å². The smallest absolute Gasteiger partial charge is 0.306 e. The lowest BCUT2D eigenvalue weighted by atomic mass is 10.0. The molecule has 0 rings (SSSR count). The minimum Gasteiger partial charge on any atom is -0.462 e. The number of rotatable bonds is 51. The van der Waals surface area contributed by atoms with Gasteiger partial charge in [-0.2, -0.15) is 0 Å². The van der Waals surface area contributed by atoms with E-state index in [1.54, 1.807) is 0 Å². The highest BCUT2D eigenvalue weighted by molar-refractivity contribution is 5.71. The molecule has 0 aromatic carbocycles. The molecule has 0 aliphatic rings. The summed E-state index contributed by atoms with van der Waals surface area (Å²) in [5.41, 5.74) is 0. The van der Waals surface area contributed by atoms with Gasteiger partial charge in [0.25, 0.3) is 0 Å². The molecule has 0 aliphatic carbocycles. The van der Waals surface area contributed by atoms with Crippen molar-refractivity contribution >= 4 is 17.9 Å². The predicted molar refractivity (Wildman–Crippen MR) is 297 cm³/mol. The second-order valence-electron chi connectivity index (χ2n) is 18.8. The molecule has 0 saturated heterocycles. The highest BCUT2D eigenvalue weighted by Crippen LogP contribution is 2.15. The van der Waals surface area contributed by atoms with Gasteiger partial charge in [-0.15, -0.1) is 0 Å². The summed E-state index contributed by atoms with van der Waals surface area (Å²) in [4.78, 5) is 37.8. The van der Waals surface area contributed by atoms with Crippen molar-refractivity contribution in [1.82, 2.24) is 0 Å². The molecule has 0 saturated carbocycles. The van der Waals surface area contributed by atoms with Crippen LogP contribution in [0.1, 0.15) is 265 Å². The van der Waals surface area contributed by atoms with Crippen molar-refractivity contribution in [2.45, 2.75) is 271 Å². The van der Waals surface area contributed by atoms with E-state index in [0.717, 1.165) is 128 Å². The maximum absolute atomic E-state index is 12.8. The Hall–Kier alpha value is -3.67. The summed E-state index contributed by atoms with van der Waals surface area (Å²) < 4.78 is 16.7. The fourth-order valence-electron chi connectivity index (χ4n) is 7.84. The topological polar surface area (TPSA) is 78.9 Å². The van der Waals surface area contributed by atoms with Crippen LogP contribution in [0.4, 0.5) is 0 Å². The Bertz CT molecular complexity index is 1380. The molecule has 6 heteroatoms. The summed E-state index contributed by atoms with van der Waals surface area (Å²) in [5.74, 6) is -0.909. The van der Waals surface area contributed by atoms with Gasteiger partial charge in [0.1, 0.15) is 13.2 Å². The summed E-state index contributed by atoms with van der Waals surface area (Å²) in [6, 6.07) is 0. The molecule has 0 spiro atoms. The van der Waals surface area contributed by atoms with Crippen LogP contribution in [-0.2, 0) is 28.6 Å². The van der Waals surface area contributed by atoms with Crippen molar-refractivity contribution in [1.29, 1.82) is 0 Å². The van der Waals surface area contributed by atoms with E-state index in [1.165, 1.54) is 96.3 Å². The van der Waals surface area contributed by atoms with Crippen molar-refractivity contribution in [3.8, 4) is 0 Å². The molecule has 0 radical (unpaired) electrons. The third-order valence-electron chi connectivity index (χ3n) is 12.1. The van der Waals surface area contributed by atoms with Gasteiger partial charge in [0.2, 0.25) is 0 Å². The van der Waals surface area contributed by atoms with Gasteiger partial charge in [-0.1, -0.05) is 246 Å². The first-order chi connectivity index (χ1) is 34.0. The first-order valence-electron chi connectivity index (χ1n) is 28.7. The van der Waals surface area contributed by atoms with E-state index >= 15 is 0 Å². The van der Waals surface area contributed by atoms with E-state index in [9.17, 15) is 14.4 Å². The summed E-state index contributed by atoms with van der Waals surface area (Å²) in [7, 11) is 0. The Morgan fingerprint density at radius 1 is 0.304 bits per heavy atom. The maximum atomic E-state index is 12.8. The molecule has 0 aromatic rings. The van der Waals surface area contributed by atoms with Crippen molar-refractivity contribution < 1.29 is 28.6 Å². The average Bonchev–Trinajstić information content (AvgIpc) is 3.35. The van der Waals surface area contributed by atoms with Crippen LogP contribution in [0, 0.1) is 0 Å². The Morgan fingerprint density at radius 3 is 0.884 bits per heavy atom. The number of ether oxygens (including phenoxy) is 3. The molecule has 1 atom stereocenters. The Kier molecular flexibility index (Phi) is 53.9. The third-order valence-corrected chi connectivity index (χ3v) is 12.1. The van der Waals surface area contributed by atoms with Crippen molar-refractivity contribution in [3.63, 3.8) is 0 Å². The molecule has 0 aromatic heterocycles. The molecular formula is C63H106O6. The monoisotopic (exact) mass is 959 g/mol. The van der Waals surface area contributed by atoms with Crippen LogP contribution in [0.2, 0.25) is 0 Å². The van der Waals surface area contributed by atoms with Crippen LogP contribution < -0.4 is 0 Å². The van der Waals surface area contributed by atoms with Gasteiger partial charge in [0, 0.05) is 19.3 Å². The number of carbonyl (C=O) groups is 3. The normalized spacial score (nSPS) is 12.8.